The standard InChI is InChI=1S/C17H15BrN2O/c1-10-13(9-19)16(11-5-7-12(18)8-6-11)17-14(20-10)3-2-4-15(17)21/h5-8,13,16H,2-4H2,1H3. The van der Waals surface area contributed by atoms with Gasteiger partial charge >= 0.3 is 0 Å². The van der Waals surface area contributed by atoms with E-state index in [9.17, 15) is 10.1 Å². The van der Waals surface area contributed by atoms with Crippen molar-refractivity contribution in [3.63, 3.8) is 0 Å². The van der Waals surface area contributed by atoms with Crippen molar-refractivity contribution >= 4 is 27.4 Å². The van der Waals surface area contributed by atoms with Gasteiger partial charge in [-0.3, -0.25) is 9.79 Å². The smallest absolute Gasteiger partial charge is 0.161 e. The average Bonchev–Trinajstić information content (AvgIpc) is 2.47. The second-order valence-electron chi connectivity index (χ2n) is 5.53. The fourth-order valence-electron chi connectivity index (χ4n) is 3.20. The Labute approximate surface area is 132 Å². The molecule has 3 rings (SSSR count). The average molecular weight is 343 g/mol. The highest BCUT2D eigenvalue weighted by atomic mass is 79.9. The number of nitrogens with zero attached hydrogens (tertiary/aromatic N) is 2. The van der Waals surface area contributed by atoms with Crippen LogP contribution < -0.4 is 0 Å². The molecule has 3 nitrogen and oxygen atoms in total. The number of allylic oxidation sites excluding steroid dienone is 2. The molecule has 0 spiro atoms. The molecular weight excluding hydrogens is 328 g/mol. The molecule has 2 aliphatic rings. The van der Waals surface area contributed by atoms with Gasteiger partial charge < -0.3 is 0 Å². The lowest BCUT2D eigenvalue weighted by Crippen LogP contribution is -2.30. The van der Waals surface area contributed by atoms with Gasteiger partial charge in [-0.25, -0.2) is 0 Å². The Bertz CT molecular complexity index is 694. The number of Topliss-reactive ketones (excluding diaryl/α,β-unsaturated/α-hetero) is 1. The van der Waals surface area contributed by atoms with Crippen LogP contribution in [0.5, 0.6) is 0 Å². The minimum atomic E-state index is -0.355. The lowest BCUT2D eigenvalue weighted by atomic mass is 9.72. The minimum absolute atomic E-state index is 0.153. The number of rotatable bonds is 1. The predicted octanol–water partition coefficient (Wildman–Crippen LogP) is 4.15. The van der Waals surface area contributed by atoms with Crippen molar-refractivity contribution in [2.75, 3.05) is 0 Å². The van der Waals surface area contributed by atoms with Gasteiger partial charge in [0.1, 0.15) is 0 Å². The Morgan fingerprint density at radius 3 is 2.67 bits per heavy atom. The summed E-state index contributed by atoms with van der Waals surface area (Å²) >= 11 is 3.43. The molecule has 4 heteroatoms. The number of aliphatic imine (C=N–C) groups is 1. The predicted molar refractivity (Wildman–Crippen MR) is 85.0 cm³/mol. The first-order valence-electron chi connectivity index (χ1n) is 7.08. The molecule has 0 saturated carbocycles. The second-order valence-corrected chi connectivity index (χ2v) is 6.44. The Morgan fingerprint density at radius 1 is 1.29 bits per heavy atom. The molecule has 0 saturated heterocycles. The number of nitriles is 1. The number of benzene rings is 1. The molecule has 0 N–H and O–H groups in total. The van der Waals surface area contributed by atoms with Gasteiger partial charge in [-0.1, -0.05) is 28.1 Å². The summed E-state index contributed by atoms with van der Waals surface area (Å²) < 4.78 is 0.991. The van der Waals surface area contributed by atoms with Crippen molar-refractivity contribution in [2.24, 2.45) is 10.9 Å². The van der Waals surface area contributed by atoms with Crippen LogP contribution in [-0.4, -0.2) is 11.5 Å². The van der Waals surface area contributed by atoms with E-state index in [1.54, 1.807) is 0 Å². The Balaban J connectivity index is 2.16. The lowest BCUT2D eigenvalue weighted by Gasteiger charge is -2.32. The molecule has 0 fully saturated rings. The van der Waals surface area contributed by atoms with Crippen molar-refractivity contribution in [1.29, 1.82) is 5.26 Å². The van der Waals surface area contributed by atoms with Crippen molar-refractivity contribution in [1.82, 2.24) is 0 Å². The molecule has 1 aliphatic carbocycles. The second kappa shape index (κ2) is 5.57. The molecule has 0 aromatic heterocycles. The number of hydrogen-bond donors (Lipinski definition) is 0. The van der Waals surface area contributed by atoms with Crippen LogP contribution in [0, 0.1) is 17.2 Å². The fraction of sp³-hybridized carbons (Fsp3) is 0.353. The molecule has 2 unspecified atom stereocenters. The van der Waals surface area contributed by atoms with E-state index in [-0.39, 0.29) is 17.6 Å². The van der Waals surface area contributed by atoms with Gasteiger partial charge in [0.05, 0.1) is 12.0 Å². The quantitative estimate of drug-likeness (QED) is 0.769. The Morgan fingerprint density at radius 2 is 2.00 bits per heavy atom. The lowest BCUT2D eigenvalue weighted by molar-refractivity contribution is -0.116. The first-order valence-corrected chi connectivity index (χ1v) is 7.87. The van der Waals surface area contributed by atoms with Crippen LogP contribution in [0.1, 0.15) is 37.7 Å². The van der Waals surface area contributed by atoms with Crippen molar-refractivity contribution < 1.29 is 4.79 Å². The van der Waals surface area contributed by atoms with Gasteiger partial charge in [0.25, 0.3) is 0 Å². The minimum Gasteiger partial charge on any atom is -0.294 e. The molecule has 21 heavy (non-hydrogen) atoms. The number of halogens is 1. The molecule has 1 aromatic rings. The highest BCUT2D eigenvalue weighted by Crippen LogP contribution is 2.42. The molecule has 2 atom stereocenters. The molecule has 1 heterocycles. The summed E-state index contributed by atoms with van der Waals surface area (Å²) in [4.78, 5) is 16.9. The third-order valence-corrected chi connectivity index (χ3v) is 4.73. The zero-order valence-electron chi connectivity index (χ0n) is 11.8. The van der Waals surface area contributed by atoms with Crippen LogP contribution in [0.2, 0.25) is 0 Å². The van der Waals surface area contributed by atoms with Crippen LogP contribution in [0.3, 0.4) is 0 Å². The molecule has 1 aromatic carbocycles. The van der Waals surface area contributed by atoms with E-state index >= 15 is 0 Å². The molecule has 1 aliphatic heterocycles. The zero-order valence-corrected chi connectivity index (χ0v) is 13.4. The molecule has 0 bridgehead atoms. The first-order chi connectivity index (χ1) is 10.1. The number of carbonyl (C=O) groups excluding carboxylic acids is 1. The largest absolute Gasteiger partial charge is 0.294 e. The third kappa shape index (κ3) is 2.47. The number of carbonyl (C=O) groups is 1. The topological polar surface area (TPSA) is 53.2 Å². The van der Waals surface area contributed by atoms with Gasteiger partial charge in [0.15, 0.2) is 5.78 Å². The van der Waals surface area contributed by atoms with E-state index in [0.717, 1.165) is 39.9 Å². The maximum absolute atomic E-state index is 12.4. The molecule has 0 amide bonds. The summed E-state index contributed by atoms with van der Waals surface area (Å²) in [6.45, 7) is 1.89. The first kappa shape index (κ1) is 14.2. The van der Waals surface area contributed by atoms with E-state index in [4.69, 9.17) is 0 Å². The third-order valence-electron chi connectivity index (χ3n) is 4.20. The highest BCUT2D eigenvalue weighted by Gasteiger charge is 2.38. The van der Waals surface area contributed by atoms with Crippen molar-refractivity contribution in [3.05, 3.63) is 45.6 Å². The van der Waals surface area contributed by atoms with Crippen LogP contribution >= 0.6 is 15.9 Å². The number of hydrogen-bond acceptors (Lipinski definition) is 3. The van der Waals surface area contributed by atoms with Crippen molar-refractivity contribution in [2.45, 2.75) is 32.1 Å². The van der Waals surface area contributed by atoms with E-state index in [1.165, 1.54) is 0 Å². The van der Waals surface area contributed by atoms with E-state index < -0.39 is 0 Å². The SMILES string of the molecule is CC1=NC2=C(C(=O)CCC2)C(c2ccc(Br)cc2)C1C#N. The van der Waals surface area contributed by atoms with Gasteiger partial charge in [0, 0.05) is 33.8 Å². The normalized spacial score (nSPS) is 25.2. The summed E-state index contributed by atoms with van der Waals surface area (Å²) in [6.07, 6.45) is 2.26. The monoisotopic (exact) mass is 342 g/mol. The summed E-state index contributed by atoms with van der Waals surface area (Å²) in [5.74, 6) is -0.379. The zero-order chi connectivity index (χ0) is 15.0. The number of ketones is 1. The summed E-state index contributed by atoms with van der Waals surface area (Å²) in [5.41, 5.74) is 3.49. The van der Waals surface area contributed by atoms with Gasteiger partial charge in [-0.05, 0) is 37.5 Å². The van der Waals surface area contributed by atoms with Crippen LogP contribution in [-0.2, 0) is 4.79 Å². The Hall–Kier alpha value is -1.73. The van der Waals surface area contributed by atoms with Gasteiger partial charge in [-0.15, -0.1) is 0 Å². The van der Waals surface area contributed by atoms with Crippen LogP contribution in [0.15, 0.2) is 45.0 Å². The summed E-state index contributed by atoms with van der Waals surface area (Å²) in [5, 5.41) is 9.55. The maximum atomic E-state index is 12.4. The maximum Gasteiger partial charge on any atom is 0.161 e. The highest BCUT2D eigenvalue weighted by molar-refractivity contribution is 9.10. The molecule has 106 valence electrons. The van der Waals surface area contributed by atoms with Gasteiger partial charge in [-0.2, -0.15) is 5.26 Å². The molecule has 0 radical (unpaired) electrons. The van der Waals surface area contributed by atoms with E-state index in [2.05, 4.69) is 27.0 Å². The van der Waals surface area contributed by atoms with Gasteiger partial charge in [0.2, 0.25) is 0 Å². The summed E-state index contributed by atoms with van der Waals surface area (Å²) in [6, 6.07) is 10.2. The van der Waals surface area contributed by atoms with Crippen molar-refractivity contribution in [3.8, 4) is 6.07 Å². The molecular formula is C17H15BrN2O. The van der Waals surface area contributed by atoms with E-state index in [0.29, 0.717) is 6.42 Å². The van der Waals surface area contributed by atoms with Crippen LogP contribution in [0.25, 0.3) is 0 Å². The van der Waals surface area contributed by atoms with E-state index in [1.807, 2.05) is 31.2 Å². The Kier molecular flexibility index (Phi) is 3.77. The summed E-state index contributed by atoms with van der Waals surface area (Å²) in [7, 11) is 0. The van der Waals surface area contributed by atoms with Crippen LogP contribution in [0.4, 0.5) is 0 Å². The fourth-order valence-corrected chi connectivity index (χ4v) is 3.47.